The minimum absolute atomic E-state index is 0.0900. The minimum Gasteiger partial charge on any atom is -0.453 e. The maximum atomic E-state index is 13.4. The van der Waals surface area contributed by atoms with Crippen molar-refractivity contribution >= 4 is 11.1 Å². The highest BCUT2D eigenvalue weighted by Gasteiger charge is 2.11. The Balaban J connectivity index is 2.67. The molecular formula is C10H10FNO2. The number of ether oxygens (including phenoxy) is 1. The third-order valence-electron chi connectivity index (χ3n) is 2.07. The summed E-state index contributed by atoms with van der Waals surface area (Å²) in [6.45, 7) is 1.95. The number of fused-ring (bicyclic) bond motifs is 1. The van der Waals surface area contributed by atoms with Crippen molar-refractivity contribution in [2.24, 2.45) is 0 Å². The number of nitrogens with zero attached hydrogens (tertiary/aromatic N) is 1. The lowest BCUT2D eigenvalue weighted by Crippen LogP contribution is -1.84. The minimum atomic E-state index is -0.369. The zero-order chi connectivity index (χ0) is 10.1. The molecule has 0 fully saturated rings. The summed E-state index contributed by atoms with van der Waals surface area (Å²) in [4.78, 5) is 3.84. The van der Waals surface area contributed by atoms with Gasteiger partial charge in [0.15, 0.2) is 11.4 Å². The Bertz CT molecular complexity index is 464. The Labute approximate surface area is 80.5 Å². The first-order valence-electron chi connectivity index (χ1n) is 4.37. The third-order valence-corrected chi connectivity index (χ3v) is 2.07. The number of oxazole rings is 1. The largest absolute Gasteiger partial charge is 0.453 e. The fourth-order valence-corrected chi connectivity index (χ4v) is 1.31. The molecule has 0 aliphatic heterocycles. The topological polar surface area (TPSA) is 35.3 Å². The van der Waals surface area contributed by atoms with Crippen LogP contribution in [-0.2, 0) is 6.42 Å². The molecular weight excluding hydrogens is 185 g/mol. The Morgan fingerprint density at radius 3 is 2.93 bits per heavy atom. The van der Waals surface area contributed by atoms with Gasteiger partial charge >= 0.3 is 6.08 Å². The Kier molecular flexibility index (Phi) is 2.11. The lowest BCUT2D eigenvalue weighted by atomic mass is 10.1. The van der Waals surface area contributed by atoms with Crippen molar-refractivity contribution in [2.75, 3.05) is 7.11 Å². The van der Waals surface area contributed by atoms with Crippen LogP contribution in [0, 0.1) is 5.82 Å². The van der Waals surface area contributed by atoms with E-state index < -0.39 is 0 Å². The van der Waals surface area contributed by atoms with Gasteiger partial charge in [-0.25, -0.2) is 4.39 Å². The molecule has 0 spiro atoms. The summed E-state index contributed by atoms with van der Waals surface area (Å²) in [5, 5.41) is 0. The summed E-state index contributed by atoms with van der Waals surface area (Å²) in [6.07, 6.45) is 0.850. The van der Waals surface area contributed by atoms with Gasteiger partial charge in [-0.15, -0.1) is 0 Å². The van der Waals surface area contributed by atoms with Crippen molar-refractivity contribution < 1.29 is 13.5 Å². The summed E-state index contributed by atoms with van der Waals surface area (Å²) in [7, 11) is 1.43. The first-order valence-corrected chi connectivity index (χ1v) is 4.37. The van der Waals surface area contributed by atoms with Gasteiger partial charge in [-0.1, -0.05) is 6.92 Å². The monoisotopic (exact) mass is 195 g/mol. The number of aryl methyl sites for hydroxylation is 1. The molecule has 1 aromatic carbocycles. The maximum absolute atomic E-state index is 13.4. The SMILES string of the molecule is CCc1cc(F)c2nc(OC)oc2c1. The standard InChI is InChI=1S/C10H10FNO2/c1-3-6-4-7(11)9-8(5-6)14-10(12-9)13-2/h4-5H,3H2,1-2H3. The normalized spacial score (nSPS) is 10.8. The van der Waals surface area contributed by atoms with Crippen LogP contribution in [0.5, 0.6) is 6.08 Å². The molecule has 0 unspecified atom stereocenters. The average molecular weight is 195 g/mol. The smallest absolute Gasteiger partial charge is 0.394 e. The van der Waals surface area contributed by atoms with E-state index in [-0.39, 0.29) is 17.4 Å². The number of halogens is 1. The van der Waals surface area contributed by atoms with E-state index in [0.717, 1.165) is 12.0 Å². The second-order valence-electron chi connectivity index (χ2n) is 2.96. The summed E-state index contributed by atoms with van der Waals surface area (Å²) >= 11 is 0. The number of benzene rings is 1. The Morgan fingerprint density at radius 1 is 1.50 bits per heavy atom. The van der Waals surface area contributed by atoms with Crippen LogP contribution in [0.4, 0.5) is 4.39 Å². The van der Waals surface area contributed by atoms with E-state index in [1.165, 1.54) is 13.2 Å². The van der Waals surface area contributed by atoms with Gasteiger partial charge in [-0.2, -0.15) is 4.98 Å². The van der Waals surface area contributed by atoms with Gasteiger partial charge in [0.2, 0.25) is 0 Å². The van der Waals surface area contributed by atoms with Crippen LogP contribution >= 0.6 is 0 Å². The fourth-order valence-electron chi connectivity index (χ4n) is 1.31. The van der Waals surface area contributed by atoms with Crippen molar-refractivity contribution in [2.45, 2.75) is 13.3 Å². The van der Waals surface area contributed by atoms with Gasteiger partial charge in [0.1, 0.15) is 5.52 Å². The van der Waals surface area contributed by atoms with Crippen molar-refractivity contribution in [3.63, 3.8) is 0 Å². The molecule has 0 atom stereocenters. The second kappa shape index (κ2) is 3.29. The lowest BCUT2D eigenvalue weighted by molar-refractivity contribution is 0.299. The van der Waals surface area contributed by atoms with Gasteiger partial charge in [0.05, 0.1) is 7.11 Å². The molecule has 1 heterocycles. The molecule has 14 heavy (non-hydrogen) atoms. The predicted molar refractivity (Wildman–Crippen MR) is 49.9 cm³/mol. The van der Waals surface area contributed by atoms with Crippen LogP contribution in [0.25, 0.3) is 11.1 Å². The maximum Gasteiger partial charge on any atom is 0.394 e. The molecule has 0 aliphatic rings. The van der Waals surface area contributed by atoms with Crippen LogP contribution in [-0.4, -0.2) is 12.1 Å². The molecule has 74 valence electrons. The molecule has 0 bridgehead atoms. The number of hydrogen-bond donors (Lipinski definition) is 0. The van der Waals surface area contributed by atoms with E-state index >= 15 is 0 Å². The number of rotatable bonds is 2. The molecule has 4 heteroatoms. The molecule has 0 saturated heterocycles. The van der Waals surface area contributed by atoms with E-state index in [9.17, 15) is 4.39 Å². The van der Waals surface area contributed by atoms with Crippen molar-refractivity contribution in [1.29, 1.82) is 0 Å². The van der Waals surface area contributed by atoms with Crippen LogP contribution < -0.4 is 4.74 Å². The van der Waals surface area contributed by atoms with E-state index in [1.807, 2.05) is 6.92 Å². The van der Waals surface area contributed by atoms with Crippen LogP contribution in [0.2, 0.25) is 0 Å². The molecule has 0 N–H and O–H groups in total. The van der Waals surface area contributed by atoms with Crippen LogP contribution in [0.3, 0.4) is 0 Å². The summed E-state index contributed by atoms with van der Waals surface area (Å²) in [5.74, 6) is -0.369. The van der Waals surface area contributed by atoms with Crippen molar-refractivity contribution in [1.82, 2.24) is 4.98 Å². The van der Waals surface area contributed by atoms with Crippen molar-refractivity contribution in [3.05, 3.63) is 23.5 Å². The fraction of sp³-hybridized carbons (Fsp3) is 0.300. The van der Waals surface area contributed by atoms with Gasteiger partial charge < -0.3 is 9.15 Å². The molecule has 2 rings (SSSR count). The van der Waals surface area contributed by atoms with Gasteiger partial charge in [0, 0.05) is 0 Å². The van der Waals surface area contributed by atoms with Crippen molar-refractivity contribution in [3.8, 4) is 6.08 Å². The average Bonchev–Trinajstić information content (AvgIpc) is 2.61. The van der Waals surface area contributed by atoms with Gasteiger partial charge in [-0.3, -0.25) is 0 Å². The lowest BCUT2D eigenvalue weighted by Gasteiger charge is -1.95. The Hall–Kier alpha value is -1.58. The van der Waals surface area contributed by atoms with E-state index in [1.54, 1.807) is 6.07 Å². The number of hydrogen-bond acceptors (Lipinski definition) is 3. The van der Waals surface area contributed by atoms with E-state index in [0.29, 0.717) is 5.58 Å². The molecule has 3 nitrogen and oxygen atoms in total. The summed E-state index contributed by atoms with van der Waals surface area (Å²) in [5.41, 5.74) is 1.53. The summed E-state index contributed by atoms with van der Waals surface area (Å²) < 4.78 is 23.4. The van der Waals surface area contributed by atoms with Gasteiger partial charge in [0.25, 0.3) is 0 Å². The van der Waals surface area contributed by atoms with E-state index in [2.05, 4.69) is 4.98 Å². The molecule has 0 aliphatic carbocycles. The number of aromatic nitrogens is 1. The molecule has 0 saturated carbocycles. The highest BCUT2D eigenvalue weighted by Crippen LogP contribution is 2.24. The quantitative estimate of drug-likeness (QED) is 0.738. The van der Waals surface area contributed by atoms with Crippen LogP contribution in [0.15, 0.2) is 16.5 Å². The zero-order valence-corrected chi connectivity index (χ0v) is 8.00. The molecule has 0 amide bonds. The third kappa shape index (κ3) is 1.32. The highest BCUT2D eigenvalue weighted by molar-refractivity contribution is 5.74. The molecule has 2 aromatic rings. The van der Waals surface area contributed by atoms with E-state index in [4.69, 9.17) is 9.15 Å². The van der Waals surface area contributed by atoms with Crippen LogP contribution in [0.1, 0.15) is 12.5 Å². The Morgan fingerprint density at radius 2 is 2.29 bits per heavy atom. The number of methoxy groups -OCH3 is 1. The summed E-state index contributed by atoms with van der Waals surface area (Å²) in [6, 6.07) is 3.23. The molecule has 1 aromatic heterocycles. The second-order valence-corrected chi connectivity index (χ2v) is 2.96. The first-order chi connectivity index (χ1) is 6.74. The first kappa shape index (κ1) is 8.99. The zero-order valence-electron chi connectivity index (χ0n) is 8.00. The highest BCUT2D eigenvalue weighted by atomic mass is 19.1. The molecule has 0 radical (unpaired) electrons. The van der Waals surface area contributed by atoms with Gasteiger partial charge in [-0.05, 0) is 24.1 Å². The predicted octanol–water partition coefficient (Wildman–Crippen LogP) is 2.54.